The summed E-state index contributed by atoms with van der Waals surface area (Å²) in [4.78, 5) is 24.0. The Labute approximate surface area is 176 Å². The predicted octanol–water partition coefficient (Wildman–Crippen LogP) is 3.08. The lowest BCUT2D eigenvalue weighted by molar-refractivity contribution is 0.168. The maximum absolute atomic E-state index is 12.3. The van der Waals surface area contributed by atoms with Crippen molar-refractivity contribution < 1.29 is 4.79 Å². The highest BCUT2D eigenvalue weighted by molar-refractivity contribution is 7.97. The number of piperazine rings is 1. The van der Waals surface area contributed by atoms with E-state index in [1.54, 1.807) is 30.9 Å². The molecule has 2 heterocycles. The van der Waals surface area contributed by atoms with Crippen LogP contribution in [0.1, 0.15) is 25.3 Å². The second-order valence-corrected chi connectivity index (χ2v) is 9.50. The largest absolute Gasteiger partial charge is 0.384 e. The number of carbonyl (C=O) groups excluding carboxylic acids is 1. The van der Waals surface area contributed by atoms with Crippen molar-refractivity contribution in [1.82, 2.24) is 19.5 Å². The number of rotatable bonds is 4. The molecule has 2 amide bonds. The Kier molecular flexibility index (Phi) is 5.25. The van der Waals surface area contributed by atoms with E-state index in [4.69, 9.17) is 5.73 Å². The first-order valence-corrected chi connectivity index (χ1v) is 10.9. The van der Waals surface area contributed by atoms with E-state index in [0.717, 1.165) is 34.5 Å². The number of anilines is 2. The van der Waals surface area contributed by atoms with Crippen LogP contribution < -0.4 is 15.4 Å². The number of hydrogen-bond donors (Lipinski definition) is 2. The van der Waals surface area contributed by atoms with Gasteiger partial charge in [-0.3, -0.25) is 4.72 Å². The van der Waals surface area contributed by atoms with Crippen molar-refractivity contribution in [3.05, 3.63) is 23.8 Å². The highest BCUT2D eigenvalue weighted by Crippen LogP contribution is 2.40. The highest BCUT2D eigenvalue weighted by atomic mass is 32.2. The van der Waals surface area contributed by atoms with Crippen molar-refractivity contribution in [3.8, 4) is 0 Å². The minimum Gasteiger partial charge on any atom is -0.384 e. The molecule has 0 atom stereocenters. The maximum Gasteiger partial charge on any atom is 0.319 e. The van der Waals surface area contributed by atoms with E-state index >= 15 is 0 Å². The van der Waals surface area contributed by atoms with Crippen LogP contribution in [-0.2, 0) is 0 Å². The maximum atomic E-state index is 12.3. The van der Waals surface area contributed by atoms with Crippen molar-refractivity contribution in [1.29, 1.82) is 0 Å². The average molecular weight is 415 g/mol. The number of nitrogens with one attached hydrogen (secondary N) is 1. The van der Waals surface area contributed by atoms with Gasteiger partial charge in [-0.1, -0.05) is 0 Å². The van der Waals surface area contributed by atoms with Gasteiger partial charge in [0.2, 0.25) is 0 Å². The number of carbonyl (C=O) groups is 1. The summed E-state index contributed by atoms with van der Waals surface area (Å²) >= 11 is 1.68. The molecule has 1 aromatic heterocycles. The van der Waals surface area contributed by atoms with Crippen molar-refractivity contribution >= 4 is 40.4 Å². The summed E-state index contributed by atoms with van der Waals surface area (Å²) in [5.74, 6) is 0.548. The molecule has 1 aliphatic carbocycles. The minimum absolute atomic E-state index is 0.0753. The summed E-state index contributed by atoms with van der Waals surface area (Å²) in [7, 11) is 3.60. The van der Waals surface area contributed by atoms with Crippen LogP contribution in [0.4, 0.5) is 16.3 Å². The minimum atomic E-state index is 0.0753. The zero-order valence-electron chi connectivity index (χ0n) is 17.7. The average Bonchev–Trinajstić information content (AvgIpc) is 3.42. The van der Waals surface area contributed by atoms with Crippen LogP contribution >= 0.6 is 11.9 Å². The van der Waals surface area contributed by atoms with Gasteiger partial charge in [0.05, 0.1) is 5.52 Å². The number of benzene rings is 1. The quantitative estimate of drug-likeness (QED) is 0.749. The van der Waals surface area contributed by atoms with Crippen LogP contribution in [0.2, 0.25) is 0 Å². The highest BCUT2D eigenvalue weighted by Gasteiger charge is 2.37. The number of aromatic nitrogens is 1. The molecule has 1 saturated heterocycles. The van der Waals surface area contributed by atoms with E-state index in [0.29, 0.717) is 18.9 Å². The molecule has 0 radical (unpaired) electrons. The Balaban J connectivity index is 1.64. The first-order valence-electron chi connectivity index (χ1n) is 10.1. The molecule has 4 rings (SSSR count). The monoisotopic (exact) mass is 414 g/mol. The number of nitrogen functional groups attached to an aromatic ring is 1. The van der Waals surface area contributed by atoms with Crippen LogP contribution in [0.5, 0.6) is 0 Å². The fraction of sp³-hybridized carbons (Fsp3) is 0.524. The lowest BCUT2D eigenvalue weighted by Crippen LogP contribution is -2.51. The van der Waals surface area contributed by atoms with Gasteiger partial charge in [0.25, 0.3) is 0 Å². The topological polar surface area (TPSA) is 77.7 Å². The molecule has 2 fully saturated rings. The van der Waals surface area contributed by atoms with Crippen molar-refractivity contribution in [2.75, 3.05) is 50.9 Å². The van der Waals surface area contributed by atoms with E-state index in [1.165, 1.54) is 18.5 Å². The van der Waals surface area contributed by atoms with Gasteiger partial charge in [0.15, 0.2) is 0 Å². The summed E-state index contributed by atoms with van der Waals surface area (Å²) in [5, 5.41) is 1.15. The van der Waals surface area contributed by atoms with Crippen molar-refractivity contribution in [3.63, 3.8) is 0 Å². The Hall–Kier alpha value is -2.19. The van der Waals surface area contributed by atoms with Gasteiger partial charge >= 0.3 is 6.03 Å². The third kappa shape index (κ3) is 4.23. The van der Waals surface area contributed by atoms with E-state index in [1.807, 2.05) is 11.0 Å². The molecule has 2 aromatic rings. The number of pyridine rings is 1. The summed E-state index contributed by atoms with van der Waals surface area (Å²) in [5.41, 5.74) is 9.52. The number of hydrogen-bond acceptors (Lipinski definition) is 6. The molecule has 0 bridgehead atoms. The zero-order valence-corrected chi connectivity index (χ0v) is 18.5. The Morgan fingerprint density at radius 2 is 1.90 bits per heavy atom. The molecular formula is C21H30N6OS. The summed E-state index contributed by atoms with van der Waals surface area (Å²) in [6, 6.07) is 6.39. The molecule has 1 aromatic carbocycles. The standard InChI is InChI=1S/C21H30N6OS/c1-14-11-18(22)23-16-12-15(29-24-21(2)5-6-21)13-17(19(14)16)26-7-9-27(10-8-26)20(28)25(3)4/h11-13,24H,5-10H2,1-4H3,(H2,22,23). The fourth-order valence-corrected chi connectivity index (χ4v) is 4.66. The summed E-state index contributed by atoms with van der Waals surface area (Å²) in [6.45, 7) is 7.38. The molecule has 7 nitrogen and oxygen atoms in total. The van der Waals surface area contributed by atoms with E-state index in [2.05, 4.69) is 40.6 Å². The predicted molar refractivity (Wildman–Crippen MR) is 120 cm³/mol. The van der Waals surface area contributed by atoms with Gasteiger partial charge in [-0.15, -0.1) is 0 Å². The van der Waals surface area contributed by atoms with Crippen LogP contribution in [0.3, 0.4) is 0 Å². The van der Waals surface area contributed by atoms with E-state index in [9.17, 15) is 4.79 Å². The van der Waals surface area contributed by atoms with E-state index in [-0.39, 0.29) is 11.6 Å². The van der Waals surface area contributed by atoms with Crippen molar-refractivity contribution in [2.45, 2.75) is 37.1 Å². The normalized spacial score (nSPS) is 18.2. The molecule has 0 unspecified atom stereocenters. The van der Waals surface area contributed by atoms with Crippen molar-refractivity contribution in [2.24, 2.45) is 0 Å². The first kappa shape index (κ1) is 20.1. The van der Waals surface area contributed by atoms with Crippen LogP contribution in [0.25, 0.3) is 10.9 Å². The summed E-state index contributed by atoms with van der Waals surface area (Å²) in [6.07, 6.45) is 2.43. The SMILES string of the molecule is Cc1cc(N)nc2cc(SNC3(C)CC3)cc(N3CCN(C(=O)N(C)C)CC3)c12. The molecule has 1 aliphatic heterocycles. The second kappa shape index (κ2) is 7.57. The second-order valence-electron chi connectivity index (χ2n) is 8.62. The number of amides is 2. The van der Waals surface area contributed by atoms with Crippen LogP contribution in [-0.4, -0.2) is 66.6 Å². The third-order valence-corrected chi connectivity index (χ3v) is 6.83. The number of aryl methyl sites for hydroxylation is 1. The fourth-order valence-electron chi connectivity index (χ4n) is 3.75. The Morgan fingerprint density at radius 3 is 2.52 bits per heavy atom. The van der Waals surface area contributed by atoms with Gasteiger partial charge in [0.1, 0.15) is 5.82 Å². The lowest BCUT2D eigenvalue weighted by atomic mass is 10.1. The smallest absolute Gasteiger partial charge is 0.319 e. The third-order valence-electron chi connectivity index (χ3n) is 5.77. The van der Waals surface area contributed by atoms with Gasteiger partial charge in [0, 0.05) is 61.8 Å². The number of fused-ring (bicyclic) bond motifs is 1. The van der Waals surface area contributed by atoms with Gasteiger partial charge in [-0.05, 0) is 62.4 Å². The molecule has 156 valence electrons. The molecule has 3 N–H and O–H groups in total. The lowest BCUT2D eigenvalue weighted by Gasteiger charge is -2.37. The van der Waals surface area contributed by atoms with Gasteiger partial charge < -0.3 is 20.4 Å². The van der Waals surface area contributed by atoms with Gasteiger partial charge in [-0.25, -0.2) is 9.78 Å². The van der Waals surface area contributed by atoms with Crippen LogP contribution in [0, 0.1) is 6.92 Å². The summed E-state index contributed by atoms with van der Waals surface area (Å²) < 4.78 is 3.59. The van der Waals surface area contributed by atoms with E-state index < -0.39 is 0 Å². The van der Waals surface area contributed by atoms with Crippen LogP contribution in [0.15, 0.2) is 23.1 Å². The number of nitrogens with zero attached hydrogens (tertiary/aromatic N) is 4. The number of urea groups is 1. The molecule has 29 heavy (non-hydrogen) atoms. The zero-order chi connectivity index (χ0) is 20.8. The Morgan fingerprint density at radius 1 is 1.21 bits per heavy atom. The molecule has 1 saturated carbocycles. The molecule has 2 aliphatic rings. The molecular weight excluding hydrogens is 384 g/mol. The number of nitrogens with two attached hydrogens (primary N) is 1. The molecule has 0 spiro atoms. The Bertz CT molecular complexity index is 934. The molecule has 8 heteroatoms. The first-order chi connectivity index (χ1) is 13.8. The van der Waals surface area contributed by atoms with Gasteiger partial charge in [-0.2, -0.15) is 0 Å².